The highest BCUT2D eigenvalue weighted by Crippen LogP contribution is 2.23. The Bertz CT molecular complexity index is 916. The minimum atomic E-state index is -0.561. The van der Waals surface area contributed by atoms with E-state index in [4.69, 9.17) is 14.9 Å². The number of carbonyl (C=O) groups is 1. The van der Waals surface area contributed by atoms with Crippen LogP contribution in [0.25, 0.3) is 17.3 Å². The van der Waals surface area contributed by atoms with Crippen LogP contribution in [0.4, 0.5) is 0 Å². The molecule has 0 saturated heterocycles. The van der Waals surface area contributed by atoms with Gasteiger partial charge in [0, 0.05) is 25.2 Å². The molecule has 0 fully saturated rings. The third kappa shape index (κ3) is 4.91. The molecular weight excluding hydrogens is 342 g/mol. The summed E-state index contributed by atoms with van der Waals surface area (Å²) in [7, 11) is 1.67. The lowest BCUT2D eigenvalue weighted by Gasteiger charge is -2.00. The number of aromatic nitrogens is 2. The van der Waals surface area contributed by atoms with Gasteiger partial charge in [0.25, 0.3) is 5.91 Å². The van der Waals surface area contributed by atoms with Crippen molar-refractivity contribution in [3.63, 3.8) is 0 Å². The number of imidazole rings is 1. The van der Waals surface area contributed by atoms with Crippen LogP contribution in [0.15, 0.2) is 60.7 Å². The first-order chi connectivity index (χ1) is 13.2. The third-order valence-corrected chi connectivity index (χ3v) is 4.05. The van der Waals surface area contributed by atoms with Gasteiger partial charge in [-0.25, -0.2) is 10.5 Å². The molecule has 138 valence electrons. The topological polar surface area (TPSA) is 87.2 Å². The Morgan fingerprint density at radius 3 is 2.59 bits per heavy atom. The number of nitrogens with one attached hydrogen (secondary N) is 2. The first kappa shape index (κ1) is 18.6. The number of carbonyl (C=O) groups excluding carboxylic acids is 1. The molecule has 0 saturated carbocycles. The maximum atomic E-state index is 11.0. The Labute approximate surface area is 157 Å². The summed E-state index contributed by atoms with van der Waals surface area (Å²) >= 11 is 0. The Morgan fingerprint density at radius 2 is 1.93 bits per heavy atom. The predicted molar refractivity (Wildman–Crippen MR) is 103 cm³/mol. The van der Waals surface area contributed by atoms with Crippen LogP contribution in [0.5, 0.6) is 0 Å². The van der Waals surface area contributed by atoms with Gasteiger partial charge in [-0.05, 0) is 17.2 Å². The molecule has 0 aliphatic heterocycles. The molecule has 27 heavy (non-hydrogen) atoms. The summed E-state index contributed by atoms with van der Waals surface area (Å²) in [5.41, 5.74) is 6.43. The molecule has 3 N–H and O–H groups in total. The van der Waals surface area contributed by atoms with E-state index in [0.717, 1.165) is 33.9 Å². The fourth-order valence-electron chi connectivity index (χ4n) is 2.78. The van der Waals surface area contributed by atoms with Crippen molar-refractivity contribution in [1.29, 1.82) is 0 Å². The summed E-state index contributed by atoms with van der Waals surface area (Å²) in [4.78, 5) is 19.1. The van der Waals surface area contributed by atoms with Gasteiger partial charge in [0.1, 0.15) is 5.82 Å². The Hall–Kier alpha value is -3.22. The van der Waals surface area contributed by atoms with Gasteiger partial charge in [0.2, 0.25) is 0 Å². The highest BCUT2D eigenvalue weighted by Gasteiger charge is 2.12. The van der Waals surface area contributed by atoms with Crippen molar-refractivity contribution in [2.45, 2.75) is 13.0 Å². The number of rotatable bonds is 7. The molecule has 0 aliphatic rings. The summed E-state index contributed by atoms with van der Waals surface area (Å²) in [6.07, 6.45) is 3.56. The van der Waals surface area contributed by atoms with E-state index in [1.54, 1.807) is 18.7 Å². The first-order valence-corrected chi connectivity index (χ1v) is 8.53. The van der Waals surface area contributed by atoms with E-state index >= 15 is 0 Å². The van der Waals surface area contributed by atoms with Crippen molar-refractivity contribution in [2.75, 3.05) is 7.11 Å². The number of methoxy groups -OCH3 is 1. The van der Waals surface area contributed by atoms with Crippen molar-refractivity contribution < 1.29 is 14.7 Å². The van der Waals surface area contributed by atoms with Crippen LogP contribution >= 0.6 is 0 Å². The minimum absolute atomic E-state index is 0.466. The lowest BCUT2D eigenvalue weighted by Crippen LogP contribution is -2.14. The molecule has 6 heteroatoms. The number of hydroxylamine groups is 1. The number of nitrogens with zero attached hydrogens (tertiary/aromatic N) is 1. The van der Waals surface area contributed by atoms with Gasteiger partial charge in [-0.15, -0.1) is 0 Å². The van der Waals surface area contributed by atoms with Crippen LogP contribution in [-0.4, -0.2) is 28.2 Å². The van der Waals surface area contributed by atoms with Crippen LogP contribution in [-0.2, 0) is 22.6 Å². The van der Waals surface area contributed by atoms with E-state index in [9.17, 15) is 4.79 Å². The number of hydrogen-bond donors (Lipinski definition) is 3. The molecular formula is C21H21N3O3. The fourth-order valence-corrected chi connectivity index (χ4v) is 2.78. The molecule has 0 spiro atoms. The van der Waals surface area contributed by atoms with Crippen molar-refractivity contribution >= 4 is 12.0 Å². The monoisotopic (exact) mass is 363 g/mol. The summed E-state index contributed by atoms with van der Waals surface area (Å²) < 4.78 is 5.30. The van der Waals surface area contributed by atoms with Crippen LogP contribution in [0.1, 0.15) is 22.6 Å². The normalized spacial score (nSPS) is 11.0. The van der Waals surface area contributed by atoms with Gasteiger partial charge >= 0.3 is 0 Å². The molecule has 1 aromatic heterocycles. The number of H-pyrrole nitrogens is 1. The fraction of sp³-hybridized carbons (Fsp3) is 0.143. The molecule has 3 rings (SSSR count). The zero-order chi connectivity index (χ0) is 19.1. The number of ether oxygens (including phenoxy) is 1. The van der Waals surface area contributed by atoms with Gasteiger partial charge in [0.15, 0.2) is 0 Å². The summed E-state index contributed by atoms with van der Waals surface area (Å²) in [6.45, 7) is 0.466. The minimum Gasteiger partial charge on any atom is -0.378 e. The molecule has 0 radical (unpaired) electrons. The highest BCUT2D eigenvalue weighted by atomic mass is 16.5. The average Bonchev–Trinajstić information content (AvgIpc) is 3.10. The van der Waals surface area contributed by atoms with Crippen LogP contribution < -0.4 is 5.48 Å². The van der Waals surface area contributed by atoms with Crippen molar-refractivity contribution in [1.82, 2.24) is 15.4 Å². The van der Waals surface area contributed by atoms with E-state index in [1.807, 2.05) is 54.6 Å². The third-order valence-electron chi connectivity index (χ3n) is 4.05. The molecule has 2 aromatic carbocycles. The van der Waals surface area contributed by atoms with E-state index in [-0.39, 0.29) is 0 Å². The zero-order valence-electron chi connectivity index (χ0n) is 15.0. The zero-order valence-corrected chi connectivity index (χ0v) is 15.0. The molecule has 0 unspecified atom stereocenters. The summed E-state index contributed by atoms with van der Waals surface area (Å²) in [6, 6.07) is 17.8. The molecule has 1 heterocycles. The average molecular weight is 363 g/mol. The lowest BCUT2D eigenvalue weighted by atomic mass is 10.1. The molecule has 6 nitrogen and oxygen atoms in total. The quantitative estimate of drug-likeness (QED) is 0.341. The number of aromatic amines is 1. The van der Waals surface area contributed by atoms with E-state index in [1.165, 1.54) is 6.08 Å². The number of benzene rings is 2. The van der Waals surface area contributed by atoms with Crippen LogP contribution in [0, 0.1) is 0 Å². The second-order valence-corrected chi connectivity index (χ2v) is 6.04. The van der Waals surface area contributed by atoms with E-state index in [2.05, 4.69) is 4.98 Å². The van der Waals surface area contributed by atoms with E-state index in [0.29, 0.717) is 13.0 Å². The van der Waals surface area contributed by atoms with Gasteiger partial charge in [0.05, 0.1) is 18.0 Å². The van der Waals surface area contributed by atoms with Gasteiger partial charge in [-0.3, -0.25) is 10.0 Å². The largest absolute Gasteiger partial charge is 0.378 e. The molecule has 1 amide bonds. The second kappa shape index (κ2) is 8.93. The highest BCUT2D eigenvalue weighted by molar-refractivity contribution is 5.90. The molecule has 3 aromatic rings. The molecule has 0 atom stereocenters. The summed E-state index contributed by atoms with van der Waals surface area (Å²) in [5, 5.41) is 8.50. The van der Waals surface area contributed by atoms with Gasteiger partial charge in [-0.2, -0.15) is 0 Å². The van der Waals surface area contributed by atoms with Gasteiger partial charge < -0.3 is 9.72 Å². The lowest BCUT2D eigenvalue weighted by molar-refractivity contribution is -0.124. The SMILES string of the molecule is COCc1[nH]c(Cc2ccc(/C=C/C(=O)NO)cc2)nc1-c1ccccc1. The van der Waals surface area contributed by atoms with Crippen molar-refractivity contribution in [2.24, 2.45) is 0 Å². The van der Waals surface area contributed by atoms with Crippen molar-refractivity contribution in [3.05, 3.63) is 83.3 Å². The number of amides is 1. The molecule has 0 aliphatic carbocycles. The number of hydrogen-bond acceptors (Lipinski definition) is 4. The Kier molecular flexibility index (Phi) is 6.14. The first-order valence-electron chi connectivity index (χ1n) is 8.53. The Morgan fingerprint density at radius 1 is 1.19 bits per heavy atom. The molecule has 0 bridgehead atoms. The maximum Gasteiger partial charge on any atom is 0.267 e. The summed E-state index contributed by atoms with van der Waals surface area (Å²) in [5.74, 6) is 0.303. The smallest absolute Gasteiger partial charge is 0.267 e. The predicted octanol–water partition coefficient (Wildman–Crippen LogP) is 3.33. The van der Waals surface area contributed by atoms with Crippen molar-refractivity contribution in [3.8, 4) is 11.3 Å². The maximum absolute atomic E-state index is 11.0. The Balaban J connectivity index is 1.77. The second-order valence-electron chi connectivity index (χ2n) is 6.04. The van der Waals surface area contributed by atoms with Gasteiger partial charge in [-0.1, -0.05) is 54.6 Å². The van der Waals surface area contributed by atoms with E-state index < -0.39 is 5.91 Å². The standard InChI is InChI=1S/C21H21N3O3/c1-27-14-18-21(17-5-3-2-4-6-17)23-19(22-18)13-16-9-7-15(8-10-16)11-12-20(25)24-26/h2-12,26H,13-14H2,1H3,(H,22,23)(H,24,25)/b12-11+. The van der Waals surface area contributed by atoms with Crippen LogP contribution in [0.2, 0.25) is 0 Å². The van der Waals surface area contributed by atoms with Crippen LogP contribution in [0.3, 0.4) is 0 Å².